The van der Waals surface area contributed by atoms with Gasteiger partial charge in [0.15, 0.2) is 0 Å². The number of nitrogens with zero attached hydrogens (tertiary/aromatic N) is 2. The lowest BCUT2D eigenvalue weighted by atomic mass is 10.2. The number of hydrogen-bond donors (Lipinski definition) is 0. The van der Waals surface area contributed by atoms with E-state index in [1.807, 2.05) is 32.6 Å². The highest BCUT2D eigenvalue weighted by molar-refractivity contribution is 7.88. The Morgan fingerprint density at radius 2 is 1.55 bits per heavy atom. The maximum absolute atomic E-state index is 12.1. The molecular formula is C14H30N2O3S. The van der Waals surface area contributed by atoms with Gasteiger partial charge in [-0.1, -0.05) is 27.7 Å². The summed E-state index contributed by atoms with van der Waals surface area (Å²) in [5.74, 6) is 0.299. The molecule has 0 aromatic rings. The van der Waals surface area contributed by atoms with Crippen molar-refractivity contribution in [2.75, 3.05) is 32.4 Å². The molecule has 0 radical (unpaired) electrons. The van der Waals surface area contributed by atoms with Crippen LogP contribution in [0.5, 0.6) is 0 Å². The topological polar surface area (TPSA) is 57.7 Å². The van der Waals surface area contributed by atoms with Crippen molar-refractivity contribution in [3.05, 3.63) is 0 Å². The fourth-order valence-electron chi connectivity index (χ4n) is 2.08. The van der Waals surface area contributed by atoms with Crippen molar-refractivity contribution in [3.8, 4) is 0 Å². The van der Waals surface area contributed by atoms with Crippen molar-refractivity contribution in [3.63, 3.8) is 0 Å². The molecular weight excluding hydrogens is 276 g/mol. The van der Waals surface area contributed by atoms with E-state index < -0.39 is 10.0 Å². The zero-order chi connectivity index (χ0) is 15.8. The lowest BCUT2D eigenvalue weighted by molar-refractivity contribution is -0.131. The third kappa shape index (κ3) is 7.85. The van der Waals surface area contributed by atoms with E-state index in [4.69, 9.17) is 0 Å². The van der Waals surface area contributed by atoms with Gasteiger partial charge < -0.3 is 4.90 Å². The minimum absolute atomic E-state index is 0.0473. The molecule has 1 amide bonds. The lowest BCUT2D eigenvalue weighted by Gasteiger charge is -2.25. The second-order valence-electron chi connectivity index (χ2n) is 5.65. The number of sulfonamides is 1. The summed E-state index contributed by atoms with van der Waals surface area (Å²) in [4.78, 5) is 14.0. The van der Waals surface area contributed by atoms with Gasteiger partial charge in [-0.2, -0.15) is 0 Å². The number of amides is 1. The molecule has 0 saturated heterocycles. The number of hydrogen-bond acceptors (Lipinski definition) is 3. The van der Waals surface area contributed by atoms with Crippen LogP contribution in [0.1, 0.15) is 47.0 Å². The molecule has 0 heterocycles. The highest BCUT2D eigenvalue weighted by atomic mass is 32.2. The van der Waals surface area contributed by atoms with E-state index in [1.165, 1.54) is 10.6 Å². The summed E-state index contributed by atoms with van der Waals surface area (Å²) in [6.07, 6.45) is 3.32. The first kappa shape index (κ1) is 19.4. The van der Waals surface area contributed by atoms with Crippen molar-refractivity contribution in [1.82, 2.24) is 9.21 Å². The van der Waals surface area contributed by atoms with Gasteiger partial charge in [-0.25, -0.2) is 12.7 Å². The van der Waals surface area contributed by atoms with E-state index in [0.29, 0.717) is 6.54 Å². The molecule has 0 saturated carbocycles. The third-order valence-corrected chi connectivity index (χ3v) is 4.22. The highest BCUT2D eigenvalue weighted by Gasteiger charge is 2.20. The normalized spacial score (nSPS) is 12.2. The van der Waals surface area contributed by atoms with Crippen LogP contribution in [0.15, 0.2) is 0 Å². The fourth-order valence-corrected chi connectivity index (χ4v) is 3.07. The van der Waals surface area contributed by atoms with Gasteiger partial charge in [0.05, 0.1) is 6.26 Å². The van der Waals surface area contributed by atoms with Crippen LogP contribution >= 0.6 is 0 Å². The number of carbonyl (C=O) groups excluding carboxylic acids is 1. The predicted octanol–water partition coefficient (Wildman–Crippen LogP) is 1.94. The monoisotopic (exact) mass is 306 g/mol. The summed E-state index contributed by atoms with van der Waals surface area (Å²) in [5.41, 5.74) is 0. The van der Waals surface area contributed by atoms with Crippen LogP contribution in [0, 0.1) is 5.92 Å². The minimum atomic E-state index is -3.24. The van der Waals surface area contributed by atoms with E-state index in [1.54, 1.807) is 0 Å². The van der Waals surface area contributed by atoms with E-state index in [0.717, 1.165) is 25.9 Å². The second kappa shape index (κ2) is 9.34. The first-order chi connectivity index (χ1) is 9.22. The SMILES string of the molecule is CCCN(CCC)C(=O)CCN(CC(C)C)S(C)(=O)=O. The zero-order valence-electron chi connectivity index (χ0n) is 13.6. The van der Waals surface area contributed by atoms with Crippen LogP contribution in [0.2, 0.25) is 0 Å². The molecule has 0 N–H and O–H groups in total. The summed E-state index contributed by atoms with van der Waals surface area (Å²) in [5, 5.41) is 0. The molecule has 0 bridgehead atoms. The zero-order valence-corrected chi connectivity index (χ0v) is 14.4. The van der Waals surface area contributed by atoms with Crippen LogP contribution in [-0.4, -0.2) is 56.0 Å². The Labute approximate surface area is 124 Å². The lowest BCUT2D eigenvalue weighted by Crippen LogP contribution is -2.38. The predicted molar refractivity (Wildman–Crippen MR) is 83.0 cm³/mol. The average Bonchev–Trinajstić information content (AvgIpc) is 2.32. The molecule has 0 fully saturated rings. The molecule has 0 aromatic carbocycles. The van der Waals surface area contributed by atoms with Crippen LogP contribution < -0.4 is 0 Å². The first-order valence-corrected chi connectivity index (χ1v) is 9.30. The van der Waals surface area contributed by atoms with E-state index in [2.05, 4.69) is 0 Å². The summed E-state index contributed by atoms with van der Waals surface area (Å²) in [6.45, 7) is 10.3. The summed E-state index contributed by atoms with van der Waals surface area (Å²) in [6, 6.07) is 0. The van der Waals surface area contributed by atoms with Gasteiger partial charge in [0, 0.05) is 32.6 Å². The summed E-state index contributed by atoms with van der Waals surface area (Å²) >= 11 is 0. The van der Waals surface area contributed by atoms with E-state index >= 15 is 0 Å². The van der Waals surface area contributed by atoms with Gasteiger partial charge in [-0.3, -0.25) is 4.79 Å². The minimum Gasteiger partial charge on any atom is -0.343 e. The van der Waals surface area contributed by atoms with Crippen LogP contribution in [-0.2, 0) is 14.8 Å². The maximum atomic E-state index is 12.1. The Kier molecular flexibility index (Phi) is 9.05. The molecule has 0 aliphatic carbocycles. The Bertz CT molecular complexity index is 374. The van der Waals surface area contributed by atoms with Crippen molar-refractivity contribution >= 4 is 15.9 Å². The van der Waals surface area contributed by atoms with Gasteiger partial charge in [-0.15, -0.1) is 0 Å². The van der Waals surface area contributed by atoms with Crippen LogP contribution in [0.4, 0.5) is 0 Å². The van der Waals surface area contributed by atoms with Gasteiger partial charge >= 0.3 is 0 Å². The Morgan fingerprint density at radius 3 is 1.90 bits per heavy atom. The molecule has 0 spiro atoms. The van der Waals surface area contributed by atoms with Gasteiger partial charge in [0.2, 0.25) is 15.9 Å². The maximum Gasteiger partial charge on any atom is 0.223 e. The first-order valence-electron chi connectivity index (χ1n) is 7.45. The second-order valence-corrected chi connectivity index (χ2v) is 7.63. The Morgan fingerprint density at radius 1 is 1.05 bits per heavy atom. The largest absolute Gasteiger partial charge is 0.343 e. The molecule has 5 nitrogen and oxygen atoms in total. The van der Waals surface area contributed by atoms with Crippen LogP contribution in [0.3, 0.4) is 0 Å². The van der Waals surface area contributed by atoms with Crippen molar-refractivity contribution in [2.24, 2.45) is 5.92 Å². The van der Waals surface area contributed by atoms with Gasteiger partial charge in [0.25, 0.3) is 0 Å². The third-order valence-electron chi connectivity index (χ3n) is 2.95. The Hall–Kier alpha value is -0.620. The molecule has 20 heavy (non-hydrogen) atoms. The van der Waals surface area contributed by atoms with Crippen molar-refractivity contribution in [1.29, 1.82) is 0 Å². The van der Waals surface area contributed by atoms with Gasteiger partial charge in [0.1, 0.15) is 0 Å². The standard InChI is InChI=1S/C14H30N2O3S/c1-6-9-15(10-7-2)14(17)8-11-16(12-13(3)4)20(5,18)19/h13H,6-12H2,1-5H3. The average molecular weight is 306 g/mol. The summed E-state index contributed by atoms with van der Waals surface area (Å²) in [7, 11) is -3.24. The molecule has 0 unspecified atom stereocenters. The van der Waals surface area contributed by atoms with Crippen LogP contribution in [0.25, 0.3) is 0 Å². The molecule has 0 aliphatic rings. The molecule has 0 rings (SSSR count). The Balaban J connectivity index is 4.56. The number of carbonyl (C=O) groups is 1. The summed E-state index contributed by atoms with van der Waals surface area (Å²) < 4.78 is 24.8. The van der Waals surface area contributed by atoms with Crippen molar-refractivity contribution in [2.45, 2.75) is 47.0 Å². The molecule has 0 atom stereocenters. The van der Waals surface area contributed by atoms with E-state index in [-0.39, 0.29) is 24.8 Å². The van der Waals surface area contributed by atoms with Gasteiger partial charge in [-0.05, 0) is 18.8 Å². The molecule has 0 aromatic heterocycles. The van der Waals surface area contributed by atoms with Crippen molar-refractivity contribution < 1.29 is 13.2 Å². The molecule has 0 aliphatic heterocycles. The molecule has 6 heteroatoms. The van der Waals surface area contributed by atoms with E-state index in [9.17, 15) is 13.2 Å². The smallest absolute Gasteiger partial charge is 0.223 e. The highest BCUT2D eigenvalue weighted by Crippen LogP contribution is 2.07. The quantitative estimate of drug-likeness (QED) is 0.620. The number of rotatable bonds is 10. The fraction of sp³-hybridized carbons (Fsp3) is 0.929. The molecule has 120 valence electrons.